The molecule has 0 radical (unpaired) electrons. The third-order valence-electron chi connectivity index (χ3n) is 18.9. The minimum atomic E-state index is -0.218. The van der Waals surface area contributed by atoms with Crippen molar-refractivity contribution in [1.29, 1.82) is 0 Å². The molecule has 0 bridgehead atoms. The van der Waals surface area contributed by atoms with E-state index in [0.717, 1.165) is 52.4 Å². The molecule has 0 fully saturated rings. The van der Waals surface area contributed by atoms with E-state index in [9.17, 15) is 0 Å². The summed E-state index contributed by atoms with van der Waals surface area (Å²) in [6.45, 7) is 14.0. The van der Waals surface area contributed by atoms with Crippen LogP contribution in [0.1, 0.15) is 74.9 Å². The molecule has 4 heteroatoms. The fourth-order valence-corrected chi connectivity index (χ4v) is 14.6. The van der Waals surface area contributed by atoms with Gasteiger partial charge in [0.2, 0.25) is 0 Å². The first-order valence-electron chi connectivity index (χ1n) is 31.3. The van der Waals surface area contributed by atoms with E-state index in [1.807, 2.05) is 0 Å². The van der Waals surface area contributed by atoms with Gasteiger partial charge in [0.1, 0.15) is 0 Å². The lowest BCUT2D eigenvalue weighted by Gasteiger charge is -2.42. The number of hydrogen-bond acceptors (Lipinski definition) is 2. The van der Waals surface area contributed by atoms with Crippen LogP contribution >= 0.6 is 0 Å². The second-order valence-electron chi connectivity index (χ2n) is 26.5. The van der Waals surface area contributed by atoms with Crippen LogP contribution in [0.4, 0.5) is 34.1 Å². The summed E-state index contributed by atoms with van der Waals surface area (Å²) in [4.78, 5) is 5.15. The lowest BCUT2D eigenvalue weighted by atomic mass is 9.44. The van der Waals surface area contributed by atoms with Crippen molar-refractivity contribution >= 4 is 95.2 Å². The Morgan fingerprint density at radius 1 is 0.352 bits per heavy atom. The second kappa shape index (κ2) is 20.8. The van der Waals surface area contributed by atoms with Crippen molar-refractivity contribution < 1.29 is 0 Å². The molecule has 422 valence electrons. The summed E-state index contributed by atoms with van der Waals surface area (Å²) in [7, 11) is 0. The van der Waals surface area contributed by atoms with Crippen LogP contribution in [0, 0.1) is 0 Å². The molecule has 13 aromatic carbocycles. The average Bonchev–Trinajstić information content (AvgIpc) is 1.31. The van der Waals surface area contributed by atoms with Crippen LogP contribution in [0.25, 0.3) is 76.7 Å². The van der Waals surface area contributed by atoms with E-state index in [0.29, 0.717) is 0 Å². The van der Waals surface area contributed by atoms with Gasteiger partial charge in [0.15, 0.2) is 0 Å². The standard InChI is InChI=1S/C84H68BN3/c1-83(2,3)61-41-42-78-73(48-61)75-49-62(84(4,5)6)50-76-74-51-66(86(63-35-21-11-22-36-63)64-37-23-12-24-38-64)52-80-81(74)85(88(78)82(75)76)77-53-71-69(43-55-27-13-7-14-28-55)67-39-25-26-40-68(67)70(44-56-29-15-8-16-30-56)72(71)54-79(77)87(80)65-46-59(57-31-17-9-18-32-57)45-60(47-65)58-33-19-10-20-34-58/h7-42,45-54H,43-44H2,1-6H3. The van der Waals surface area contributed by atoms with Gasteiger partial charge in [0.25, 0.3) is 0 Å². The third kappa shape index (κ3) is 8.95. The number of benzene rings is 13. The van der Waals surface area contributed by atoms with Crippen molar-refractivity contribution in [3.63, 3.8) is 0 Å². The zero-order chi connectivity index (χ0) is 59.4. The van der Waals surface area contributed by atoms with Crippen LogP contribution in [-0.2, 0) is 23.7 Å². The highest BCUT2D eigenvalue weighted by atomic mass is 15.2. The van der Waals surface area contributed by atoms with Crippen molar-refractivity contribution in [3.8, 4) is 33.4 Å². The molecule has 3 heterocycles. The molecule has 3 nitrogen and oxygen atoms in total. The molecule has 0 unspecified atom stereocenters. The zero-order valence-corrected chi connectivity index (χ0v) is 50.9. The van der Waals surface area contributed by atoms with Gasteiger partial charge in [0, 0.05) is 61.5 Å². The summed E-state index contributed by atoms with van der Waals surface area (Å²) in [6, 6.07) is 106. The number of para-hydroxylation sites is 2. The van der Waals surface area contributed by atoms with Gasteiger partial charge in [-0.3, -0.25) is 0 Å². The van der Waals surface area contributed by atoms with Gasteiger partial charge in [-0.2, -0.15) is 0 Å². The van der Waals surface area contributed by atoms with Gasteiger partial charge in [0.05, 0.1) is 0 Å². The smallest absolute Gasteiger partial charge is 0.333 e. The van der Waals surface area contributed by atoms with E-state index in [1.54, 1.807) is 0 Å². The highest BCUT2D eigenvalue weighted by molar-refractivity contribution is 6.90. The molecule has 2 aliphatic heterocycles. The summed E-state index contributed by atoms with van der Waals surface area (Å²) < 4.78 is 2.77. The van der Waals surface area contributed by atoms with Gasteiger partial charge in [-0.05, 0) is 202 Å². The molecule has 0 saturated heterocycles. The molecule has 16 rings (SSSR count). The van der Waals surface area contributed by atoms with Gasteiger partial charge in [-0.1, -0.05) is 236 Å². The van der Waals surface area contributed by atoms with Crippen LogP contribution < -0.4 is 20.7 Å². The van der Waals surface area contributed by atoms with E-state index in [2.05, 4.69) is 335 Å². The molecular formula is C84H68BN3. The van der Waals surface area contributed by atoms with Gasteiger partial charge in [-0.15, -0.1) is 0 Å². The van der Waals surface area contributed by atoms with Crippen LogP contribution in [0.3, 0.4) is 0 Å². The predicted octanol–water partition coefficient (Wildman–Crippen LogP) is 21.1. The number of anilines is 6. The summed E-state index contributed by atoms with van der Waals surface area (Å²) in [5.74, 6) is 0. The predicted molar refractivity (Wildman–Crippen MR) is 376 cm³/mol. The van der Waals surface area contributed by atoms with E-state index in [1.165, 1.54) is 116 Å². The molecule has 0 spiro atoms. The number of rotatable bonds is 10. The van der Waals surface area contributed by atoms with Crippen molar-refractivity contribution in [3.05, 3.63) is 312 Å². The van der Waals surface area contributed by atoms with Crippen LogP contribution in [0.15, 0.2) is 279 Å². The molecule has 2 aliphatic rings. The molecule has 0 amide bonds. The van der Waals surface area contributed by atoms with Crippen LogP contribution in [0.5, 0.6) is 0 Å². The summed E-state index contributed by atoms with van der Waals surface area (Å²) in [6.07, 6.45) is 1.57. The zero-order valence-electron chi connectivity index (χ0n) is 50.9. The van der Waals surface area contributed by atoms with Crippen LogP contribution in [0.2, 0.25) is 0 Å². The topological polar surface area (TPSA) is 11.4 Å². The average molecular weight is 1130 g/mol. The van der Waals surface area contributed by atoms with Gasteiger partial charge >= 0.3 is 6.85 Å². The minimum absolute atomic E-state index is 0.0598. The Bertz CT molecular complexity index is 4920. The maximum Gasteiger partial charge on any atom is 0.333 e. The van der Waals surface area contributed by atoms with Crippen molar-refractivity contribution in [2.75, 3.05) is 9.80 Å². The molecule has 0 aliphatic carbocycles. The van der Waals surface area contributed by atoms with Crippen molar-refractivity contribution in [2.45, 2.75) is 65.2 Å². The minimum Gasteiger partial charge on any atom is -0.375 e. The Morgan fingerprint density at radius 3 is 1.38 bits per heavy atom. The molecular weight excluding hydrogens is 1060 g/mol. The highest BCUT2D eigenvalue weighted by Gasteiger charge is 2.45. The Balaban J connectivity index is 1.11. The van der Waals surface area contributed by atoms with Crippen molar-refractivity contribution in [1.82, 2.24) is 4.48 Å². The quantitative estimate of drug-likeness (QED) is 0.0999. The first-order chi connectivity index (χ1) is 42.9. The van der Waals surface area contributed by atoms with Gasteiger partial charge < -0.3 is 14.3 Å². The van der Waals surface area contributed by atoms with E-state index >= 15 is 0 Å². The summed E-state index contributed by atoms with van der Waals surface area (Å²) in [5, 5.41) is 7.78. The largest absolute Gasteiger partial charge is 0.375 e. The summed E-state index contributed by atoms with van der Waals surface area (Å²) in [5.41, 5.74) is 26.8. The second-order valence-corrected chi connectivity index (χ2v) is 26.5. The molecule has 14 aromatic rings. The number of fused-ring (bicyclic) bond motifs is 9. The van der Waals surface area contributed by atoms with E-state index in [4.69, 9.17) is 0 Å². The normalized spacial score (nSPS) is 12.7. The van der Waals surface area contributed by atoms with E-state index < -0.39 is 0 Å². The van der Waals surface area contributed by atoms with Gasteiger partial charge in [-0.25, -0.2) is 0 Å². The maximum absolute atomic E-state index is 2.77. The fourth-order valence-electron chi connectivity index (χ4n) is 14.6. The molecule has 0 saturated carbocycles. The molecule has 1 aromatic heterocycles. The van der Waals surface area contributed by atoms with Crippen molar-refractivity contribution in [2.24, 2.45) is 0 Å². The Labute approximate surface area is 517 Å². The number of hydrogen-bond donors (Lipinski definition) is 0. The van der Waals surface area contributed by atoms with Crippen LogP contribution in [-0.4, -0.2) is 11.3 Å². The molecule has 0 N–H and O–H groups in total. The highest BCUT2D eigenvalue weighted by Crippen LogP contribution is 2.52. The lowest BCUT2D eigenvalue weighted by molar-refractivity contribution is 0.590. The Morgan fingerprint density at radius 2 is 0.841 bits per heavy atom. The Hall–Kier alpha value is -10.2. The number of aromatic nitrogens is 1. The monoisotopic (exact) mass is 1130 g/mol. The SMILES string of the molecule is CC(C)(C)c1ccc2c(c1)c1cc(C(C)(C)C)cc3c1n2B1c2cc4c(Cc5ccccc5)c5ccccc5c(Cc5ccccc5)c4cc2N(c2cc(-c4ccccc4)cc(-c4ccccc4)c2)c2cc(N(c4ccccc4)c4ccccc4)cc-3c21. The fraction of sp³-hybridized carbons (Fsp3) is 0.119. The molecule has 0 atom stereocenters. The molecule has 88 heavy (non-hydrogen) atoms. The Kier molecular flexibility index (Phi) is 12.6. The first kappa shape index (κ1) is 53.3. The maximum atomic E-state index is 2.77. The third-order valence-corrected chi connectivity index (χ3v) is 18.9. The lowest BCUT2D eigenvalue weighted by Crippen LogP contribution is -2.56. The van der Waals surface area contributed by atoms with E-state index in [-0.39, 0.29) is 17.7 Å². The first-order valence-corrected chi connectivity index (χ1v) is 31.3. The summed E-state index contributed by atoms with van der Waals surface area (Å²) >= 11 is 0. The number of nitrogens with zero attached hydrogens (tertiary/aromatic N) is 3.